The molecule has 0 radical (unpaired) electrons. The number of rotatable bonds is 2. The molecule has 1 amide bonds. The van der Waals surface area contributed by atoms with Gasteiger partial charge in [-0.25, -0.2) is 0 Å². The van der Waals surface area contributed by atoms with Crippen LogP contribution in [0.4, 0.5) is 5.69 Å². The first kappa shape index (κ1) is 13.0. The summed E-state index contributed by atoms with van der Waals surface area (Å²) in [5, 5.41) is 18.3. The molecule has 1 aromatic rings. The first-order chi connectivity index (χ1) is 8.40. The normalized spacial score (nSPS) is 19.3. The molecule has 0 spiro atoms. The molecule has 96 valence electrons. The molecule has 0 aromatic heterocycles. The van der Waals surface area contributed by atoms with Crippen molar-refractivity contribution in [2.45, 2.75) is 6.42 Å². The van der Waals surface area contributed by atoms with Crippen LogP contribution >= 0.6 is 23.2 Å². The van der Waals surface area contributed by atoms with Gasteiger partial charge in [-0.3, -0.25) is 9.59 Å². The zero-order chi connectivity index (χ0) is 13.4. The minimum Gasteiger partial charge on any atom is -0.505 e. The molecule has 1 unspecified atom stereocenters. The number of phenolic OH excluding ortho intramolecular Hbond substituents is 1. The van der Waals surface area contributed by atoms with Crippen molar-refractivity contribution < 1.29 is 19.8 Å². The van der Waals surface area contributed by atoms with Gasteiger partial charge < -0.3 is 15.1 Å². The highest BCUT2D eigenvalue weighted by molar-refractivity contribution is 6.37. The molecule has 1 aliphatic heterocycles. The topological polar surface area (TPSA) is 77.8 Å². The predicted octanol–water partition coefficient (Wildman–Crippen LogP) is 2.14. The van der Waals surface area contributed by atoms with E-state index < -0.39 is 11.9 Å². The molecule has 18 heavy (non-hydrogen) atoms. The fourth-order valence-electron chi connectivity index (χ4n) is 1.83. The zero-order valence-electron chi connectivity index (χ0n) is 9.06. The maximum atomic E-state index is 11.7. The number of benzene rings is 1. The minimum absolute atomic E-state index is 0.0177. The Balaban J connectivity index is 2.33. The van der Waals surface area contributed by atoms with Crippen LogP contribution in [-0.4, -0.2) is 28.6 Å². The number of aromatic hydroxyl groups is 1. The van der Waals surface area contributed by atoms with Gasteiger partial charge in [0.25, 0.3) is 0 Å². The standard InChI is InChI=1S/C11H9Cl2NO4/c12-7-2-6(3-8(13)10(7)16)14-4-5(11(17)18)1-9(14)15/h2-3,5,16H,1,4H2,(H,17,18). The van der Waals surface area contributed by atoms with E-state index in [4.69, 9.17) is 28.3 Å². The third-order valence-electron chi connectivity index (χ3n) is 2.79. The summed E-state index contributed by atoms with van der Waals surface area (Å²) in [7, 11) is 0. The lowest BCUT2D eigenvalue weighted by atomic mass is 10.1. The molecule has 1 atom stereocenters. The Morgan fingerprint density at radius 2 is 1.89 bits per heavy atom. The minimum atomic E-state index is -1.01. The van der Waals surface area contributed by atoms with Crippen molar-refractivity contribution in [1.29, 1.82) is 0 Å². The van der Waals surface area contributed by atoms with Gasteiger partial charge in [0.05, 0.1) is 16.0 Å². The average Bonchev–Trinajstić information content (AvgIpc) is 2.68. The van der Waals surface area contributed by atoms with Crippen molar-refractivity contribution in [2.75, 3.05) is 11.4 Å². The summed E-state index contributed by atoms with van der Waals surface area (Å²) in [5.74, 6) is -2.31. The molecule has 1 aromatic carbocycles. The molecular formula is C11H9Cl2NO4. The molecule has 0 saturated carbocycles. The van der Waals surface area contributed by atoms with E-state index in [1.165, 1.54) is 17.0 Å². The average molecular weight is 290 g/mol. The van der Waals surface area contributed by atoms with Gasteiger partial charge in [-0.2, -0.15) is 0 Å². The molecule has 0 aliphatic carbocycles. The van der Waals surface area contributed by atoms with Gasteiger partial charge in [0.15, 0.2) is 5.75 Å². The SMILES string of the molecule is O=C(O)C1CC(=O)N(c2cc(Cl)c(O)c(Cl)c2)C1. The largest absolute Gasteiger partial charge is 0.505 e. The number of halogens is 2. The summed E-state index contributed by atoms with van der Waals surface area (Å²) in [6.07, 6.45) is -0.0502. The lowest BCUT2D eigenvalue weighted by Crippen LogP contribution is -2.25. The summed E-state index contributed by atoms with van der Waals surface area (Å²) in [6.45, 7) is 0.0750. The van der Waals surface area contributed by atoms with Crippen molar-refractivity contribution >= 4 is 40.8 Å². The molecule has 1 saturated heterocycles. The molecule has 7 heteroatoms. The van der Waals surface area contributed by atoms with E-state index in [9.17, 15) is 14.7 Å². The maximum absolute atomic E-state index is 11.7. The Morgan fingerprint density at radius 3 is 2.33 bits per heavy atom. The first-order valence-electron chi connectivity index (χ1n) is 5.11. The second-order valence-corrected chi connectivity index (χ2v) is 4.82. The van der Waals surface area contributed by atoms with E-state index >= 15 is 0 Å². The van der Waals surface area contributed by atoms with Crippen molar-refractivity contribution in [3.05, 3.63) is 22.2 Å². The van der Waals surface area contributed by atoms with E-state index in [0.717, 1.165) is 0 Å². The highest BCUT2D eigenvalue weighted by Crippen LogP contribution is 2.37. The summed E-state index contributed by atoms with van der Waals surface area (Å²) in [4.78, 5) is 23.9. The van der Waals surface area contributed by atoms with Gasteiger partial charge in [0, 0.05) is 18.7 Å². The number of nitrogens with zero attached hydrogens (tertiary/aromatic N) is 1. The Morgan fingerprint density at radius 1 is 1.33 bits per heavy atom. The number of amides is 1. The Kier molecular flexibility index (Phi) is 3.36. The van der Waals surface area contributed by atoms with Gasteiger partial charge in [-0.05, 0) is 12.1 Å². The van der Waals surface area contributed by atoms with Crippen molar-refractivity contribution in [2.24, 2.45) is 5.92 Å². The van der Waals surface area contributed by atoms with Crippen molar-refractivity contribution in [3.63, 3.8) is 0 Å². The van der Waals surface area contributed by atoms with Crippen molar-refractivity contribution in [3.8, 4) is 5.75 Å². The number of carboxylic acid groups (broad SMARTS) is 1. The number of carbonyl (C=O) groups is 2. The van der Waals surface area contributed by atoms with Crippen LogP contribution in [0.3, 0.4) is 0 Å². The highest BCUT2D eigenvalue weighted by atomic mass is 35.5. The Labute approximate surface area is 113 Å². The molecule has 0 bridgehead atoms. The molecule has 2 rings (SSSR count). The molecule has 2 N–H and O–H groups in total. The quantitative estimate of drug-likeness (QED) is 0.874. The van der Waals surface area contributed by atoms with E-state index in [0.29, 0.717) is 5.69 Å². The number of carboxylic acids is 1. The van der Waals surface area contributed by atoms with Gasteiger partial charge >= 0.3 is 5.97 Å². The fraction of sp³-hybridized carbons (Fsp3) is 0.273. The van der Waals surface area contributed by atoms with E-state index in [-0.39, 0.29) is 34.7 Å². The van der Waals surface area contributed by atoms with Crippen LogP contribution in [0, 0.1) is 5.92 Å². The summed E-state index contributed by atoms with van der Waals surface area (Å²) in [5.41, 5.74) is 0.386. The van der Waals surface area contributed by atoms with Gasteiger partial charge in [-0.1, -0.05) is 23.2 Å². The lowest BCUT2D eigenvalue weighted by molar-refractivity contribution is -0.141. The van der Waals surface area contributed by atoms with E-state index in [1.807, 2.05) is 0 Å². The lowest BCUT2D eigenvalue weighted by Gasteiger charge is -2.17. The van der Waals surface area contributed by atoms with E-state index in [2.05, 4.69) is 0 Å². The zero-order valence-corrected chi connectivity index (χ0v) is 10.6. The van der Waals surface area contributed by atoms with Gasteiger partial charge in [0.2, 0.25) is 5.91 Å². The number of hydrogen-bond acceptors (Lipinski definition) is 3. The molecule has 1 aliphatic rings. The summed E-state index contributed by atoms with van der Waals surface area (Å²) >= 11 is 11.5. The predicted molar refractivity (Wildman–Crippen MR) is 66.2 cm³/mol. The van der Waals surface area contributed by atoms with E-state index in [1.54, 1.807) is 0 Å². The maximum Gasteiger partial charge on any atom is 0.308 e. The second kappa shape index (κ2) is 4.66. The molecule has 1 fully saturated rings. The number of carbonyl (C=O) groups excluding carboxylic acids is 1. The van der Waals surface area contributed by atoms with Crippen LogP contribution in [-0.2, 0) is 9.59 Å². The smallest absolute Gasteiger partial charge is 0.308 e. The first-order valence-corrected chi connectivity index (χ1v) is 5.87. The van der Waals surface area contributed by atoms with Crippen LogP contribution in [0.5, 0.6) is 5.75 Å². The highest BCUT2D eigenvalue weighted by Gasteiger charge is 2.35. The number of hydrogen-bond donors (Lipinski definition) is 2. The summed E-state index contributed by atoms with van der Waals surface area (Å²) in [6, 6.07) is 2.76. The van der Waals surface area contributed by atoms with Crippen LogP contribution in [0.25, 0.3) is 0 Å². The molecule has 1 heterocycles. The number of phenols is 1. The molecule has 5 nitrogen and oxygen atoms in total. The summed E-state index contributed by atoms with van der Waals surface area (Å²) < 4.78 is 0. The van der Waals surface area contributed by atoms with Crippen molar-refractivity contribution in [1.82, 2.24) is 0 Å². The fourth-order valence-corrected chi connectivity index (χ4v) is 2.31. The monoisotopic (exact) mass is 289 g/mol. The third kappa shape index (κ3) is 2.23. The number of aliphatic carboxylic acids is 1. The van der Waals surface area contributed by atoms with Crippen LogP contribution < -0.4 is 4.90 Å². The van der Waals surface area contributed by atoms with Gasteiger partial charge in [-0.15, -0.1) is 0 Å². The third-order valence-corrected chi connectivity index (χ3v) is 3.36. The van der Waals surface area contributed by atoms with Crippen LogP contribution in [0.15, 0.2) is 12.1 Å². The number of anilines is 1. The molecular weight excluding hydrogens is 281 g/mol. The Bertz CT molecular complexity index is 509. The van der Waals surface area contributed by atoms with Crippen LogP contribution in [0.2, 0.25) is 10.0 Å². The van der Waals surface area contributed by atoms with Crippen LogP contribution in [0.1, 0.15) is 6.42 Å². The van der Waals surface area contributed by atoms with Gasteiger partial charge in [0.1, 0.15) is 0 Å². The Hall–Kier alpha value is -1.46. The second-order valence-electron chi connectivity index (χ2n) is 4.00.